The Balaban J connectivity index is 2.25. The van der Waals surface area contributed by atoms with Gasteiger partial charge in [-0.15, -0.1) is 0 Å². The number of halogens is 3. The van der Waals surface area contributed by atoms with Crippen LogP contribution in [0.3, 0.4) is 0 Å². The van der Waals surface area contributed by atoms with Gasteiger partial charge in [0.15, 0.2) is 11.6 Å². The van der Waals surface area contributed by atoms with E-state index in [4.69, 9.17) is 10.5 Å². The maximum absolute atomic E-state index is 12.4. The van der Waals surface area contributed by atoms with Gasteiger partial charge in [-0.3, -0.25) is 0 Å². The highest BCUT2D eigenvalue weighted by Crippen LogP contribution is 2.32. The van der Waals surface area contributed by atoms with Gasteiger partial charge in [-0.1, -0.05) is 0 Å². The highest BCUT2D eigenvalue weighted by Gasteiger charge is 2.29. The molecule has 1 heterocycles. The van der Waals surface area contributed by atoms with E-state index in [0.29, 0.717) is 5.69 Å². The third-order valence-corrected chi connectivity index (χ3v) is 2.51. The standard InChI is InChI=1S/C12H11F3N4O/c1-20-9-10(16)17-6-18-11(9)19-8-4-2-7(3-5-8)12(13,14)15/h2-6H,1H3,(H3,16,17,18,19). The van der Waals surface area contributed by atoms with Gasteiger partial charge in [-0.05, 0) is 24.3 Å². The molecule has 20 heavy (non-hydrogen) atoms. The van der Waals surface area contributed by atoms with Gasteiger partial charge in [0.05, 0.1) is 12.7 Å². The normalized spacial score (nSPS) is 11.2. The first-order valence-corrected chi connectivity index (χ1v) is 5.50. The van der Waals surface area contributed by atoms with Crippen molar-refractivity contribution in [2.45, 2.75) is 6.18 Å². The van der Waals surface area contributed by atoms with E-state index in [2.05, 4.69) is 15.3 Å². The van der Waals surface area contributed by atoms with Crippen molar-refractivity contribution < 1.29 is 17.9 Å². The number of hydrogen-bond donors (Lipinski definition) is 2. The molecule has 106 valence electrons. The molecular formula is C12H11F3N4O. The van der Waals surface area contributed by atoms with Crippen molar-refractivity contribution in [1.82, 2.24) is 9.97 Å². The fourth-order valence-electron chi connectivity index (χ4n) is 1.56. The molecule has 0 spiro atoms. The second-order valence-corrected chi connectivity index (χ2v) is 3.84. The Labute approximate surface area is 112 Å². The maximum atomic E-state index is 12.4. The molecule has 1 aromatic carbocycles. The van der Waals surface area contributed by atoms with Crippen LogP contribution in [0.5, 0.6) is 5.75 Å². The Kier molecular flexibility index (Phi) is 3.64. The van der Waals surface area contributed by atoms with Gasteiger partial charge >= 0.3 is 6.18 Å². The molecule has 0 aliphatic rings. The van der Waals surface area contributed by atoms with E-state index in [0.717, 1.165) is 12.1 Å². The number of alkyl halides is 3. The maximum Gasteiger partial charge on any atom is 0.416 e. The second-order valence-electron chi connectivity index (χ2n) is 3.84. The van der Waals surface area contributed by atoms with Crippen molar-refractivity contribution in [3.63, 3.8) is 0 Å². The number of anilines is 3. The van der Waals surface area contributed by atoms with E-state index < -0.39 is 11.7 Å². The van der Waals surface area contributed by atoms with Crippen molar-refractivity contribution in [2.75, 3.05) is 18.2 Å². The summed E-state index contributed by atoms with van der Waals surface area (Å²) in [6.45, 7) is 0. The predicted octanol–water partition coefficient (Wildman–Crippen LogP) is 2.83. The molecule has 1 aromatic heterocycles. The lowest BCUT2D eigenvalue weighted by Crippen LogP contribution is -2.05. The first-order valence-electron chi connectivity index (χ1n) is 5.50. The Morgan fingerprint density at radius 1 is 1.15 bits per heavy atom. The van der Waals surface area contributed by atoms with Gasteiger partial charge in [0.1, 0.15) is 6.33 Å². The first kappa shape index (κ1) is 13.9. The van der Waals surface area contributed by atoms with Crippen molar-refractivity contribution >= 4 is 17.3 Å². The smallest absolute Gasteiger partial charge is 0.416 e. The highest BCUT2D eigenvalue weighted by atomic mass is 19.4. The van der Waals surface area contributed by atoms with Crippen molar-refractivity contribution in [1.29, 1.82) is 0 Å². The van der Waals surface area contributed by atoms with Crippen molar-refractivity contribution in [3.8, 4) is 5.75 Å². The molecule has 0 fully saturated rings. The van der Waals surface area contributed by atoms with Crippen LogP contribution in [0.1, 0.15) is 5.56 Å². The van der Waals surface area contributed by atoms with Gasteiger partial charge in [-0.2, -0.15) is 13.2 Å². The van der Waals surface area contributed by atoms with E-state index in [1.54, 1.807) is 0 Å². The molecule has 2 rings (SSSR count). The molecule has 0 saturated carbocycles. The number of nitrogens with one attached hydrogen (secondary N) is 1. The fraction of sp³-hybridized carbons (Fsp3) is 0.167. The topological polar surface area (TPSA) is 73.1 Å². The molecule has 0 bridgehead atoms. The SMILES string of the molecule is COc1c(N)ncnc1Nc1ccc(C(F)(F)F)cc1. The third kappa shape index (κ3) is 2.90. The predicted molar refractivity (Wildman–Crippen MR) is 67.7 cm³/mol. The zero-order valence-electron chi connectivity index (χ0n) is 10.4. The lowest BCUT2D eigenvalue weighted by molar-refractivity contribution is -0.137. The van der Waals surface area contributed by atoms with Crippen LogP contribution in [-0.4, -0.2) is 17.1 Å². The van der Waals surface area contributed by atoms with Gasteiger partial charge < -0.3 is 15.8 Å². The quantitative estimate of drug-likeness (QED) is 0.906. The number of hydrogen-bond acceptors (Lipinski definition) is 5. The molecule has 8 heteroatoms. The van der Waals surface area contributed by atoms with Crippen molar-refractivity contribution in [3.05, 3.63) is 36.2 Å². The molecule has 0 atom stereocenters. The van der Waals surface area contributed by atoms with Gasteiger partial charge in [0.25, 0.3) is 0 Å². The molecule has 0 aliphatic heterocycles. The van der Waals surface area contributed by atoms with Crippen LogP contribution in [0.15, 0.2) is 30.6 Å². The van der Waals surface area contributed by atoms with E-state index in [-0.39, 0.29) is 17.4 Å². The molecular weight excluding hydrogens is 273 g/mol. The summed E-state index contributed by atoms with van der Waals surface area (Å²) in [4.78, 5) is 7.68. The van der Waals surface area contributed by atoms with Crippen LogP contribution in [0.25, 0.3) is 0 Å². The Hall–Kier alpha value is -2.51. The van der Waals surface area contributed by atoms with Crippen molar-refractivity contribution in [2.24, 2.45) is 0 Å². The molecule has 0 unspecified atom stereocenters. The summed E-state index contributed by atoms with van der Waals surface area (Å²) in [5.74, 6) is 0.643. The average molecular weight is 284 g/mol. The van der Waals surface area contributed by atoms with Gasteiger partial charge in [-0.25, -0.2) is 9.97 Å². The minimum absolute atomic E-state index is 0.136. The summed E-state index contributed by atoms with van der Waals surface area (Å²) >= 11 is 0. The number of benzene rings is 1. The minimum atomic E-state index is -4.37. The van der Waals surface area contributed by atoms with Crippen LogP contribution in [0, 0.1) is 0 Å². The molecule has 3 N–H and O–H groups in total. The first-order chi connectivity index (χ1) is 9.41. The Bertz CT molecular complexity index is 599. The molecule has 0 radical (unpaired) electrons. The van der Waals surface area contributed by atoms with Gasteiger partial charge in [0, 0.05) is 5.69 Å². The number of methoxy groups -OCH3 is 1. The summed E-state index contributed by atoms with van der Waals surface area (Å²) in [7, 11) is 1.40. The second kappa shape index (κ2) is 5.24. The van der Waals surface area contributed by atoms with E-state index in [1.807, 2.05) is 0 Å². The van der Waals surface area contributed by atoms with E-state index in [9.17, 15) is 13.2 Å². The third-order valence-electron chi connectivity index (χ3n) is 2.51. The summed E-state index contributed by atoms with van der Waals surface area (Å²) in [5, 5.41) is 2.82. The zero-order valence-corrected chi connectivity index (χ0v) is 10.4. The summed E-state index contributed by atoms with van der Waals surface area (Å²) < 4.78 is 42.4. The van der Waals surface area contributed by atoms with E-state index in [1.165, 1.54) is 25.6 Å². The number of nitrogens with zero attached hydrogens (tertiary/aromatic N) is 2. The van der Waals surface area contributed by atoms with E-state index >= 15 is 0 Å². The molecule has 0 amide bonds. The summed E-state index contributed by atoms with van der Waals surface area (Å²) in [6, 6.07) is 4.53. The fourth-order valence-corrected chi connectivity index (χ4v) is 1.56. The summed E-state index contributed by atoms with van der Waals surface area (Å²) in [6.07, 6.45) is -3.14. The summed E-state index contributed by atoms with van der Waals surface area (Å²) in [5.41, 5.74) is 5.30. The lowest BCUT2D eigenvalue weighted by atomic mass is 10.2. The number of rotatable bonds is 3. The van der Waals surface area contributed by atoms with Crippen LogP contribution >= 0.6 is 0 Å². The number of aromatic nitrogens is 2. The minimum Gasteiger partial charge on any atom is -0.490 e. The average Bonchev–Trinajstić information content (AvgIpc) is 2.38. The zero-order chi connectivity index (χ0) is 14.8. The number of nitrogen functional groups attached to an aromatic ring is 1. The molecule has 2 aromatic rings. The van der Waals surface area contributed by atoms with Crippen LogP contribution < -0.4 is 15.8 Å². The monoisotopic (exact) mass is 284 g/mol. The van der Waals surface area contributed by atoms with Crippen LogP contribution in [0.2, 0.25) is 0 Å². The van der Waals surface area contributed by atoms with Gasteiger partial charge in [0.2, 0.25) is 5.75 Å². The molecule has 0 saturated heterocycles. The Morgan fingerprint density at radius 2 is 1.80 bits per heavy atom. The lowest BCUT2D eigenvalue weighted by Gasteiger charge is -2.12. The highest BCUT2D eigenvalue weighted by molar-refractivity contribution is 5.68. The number of nitrogens with two attached hydrogens (primary N) is 1. The molecule has 5 nitrogen and oxygen atoms in total. The molecule has 0 aliphatic carbocycles. The number of ether oxygens (including phenoxy) is 1. The Morgan fingerprint density at radius 3 is 2.35 bits per heavy atom. The largest absolute Gasteiger partial charge is 0.490 e. The van der Waals surface area contributed by atoms with Crippen LogP contribution in [0.4, 0.5) is 30.5 Å². The van der Waals surface area contributed by atoms with Crippen LogP contribution in [-0.2, 0) is 6.18 Å².